The minimum atomic E-state index is -1.30. The van der Waals surface area contributed by atoms with Crippen molar-refractivity contribution in [3.8, 4) is 0 Å². The molecular weight excluding hydrogens is 244 g/mol. The molecular formula is C18H24Si. The minimum Gasteiger partial charge on any atom is -0.125 e. The van der Waals surface area contributed by atoms with Crippen molar-refractivity contribution in [2.24, 2.45) is 0 Å². The summed E-state index contributed by atoms with van der Waals surface area (Å²) in [6, 6.07) is 10.8. The Morgan fingerprint density at radius 2 is 1.63 bits per heavy atom. The van der Waals surface area contributed by atoms with Crippen molar-refractivity contribution in [1.29, 1.82) is 0 Å². The second-order valence-electron chi connectivity index (χ2n) is 6.33. The average molecular weight is 268 g/mol. The van der Waals surface area contributed by atoms with E-state index in [2.05, 4.69) is 62.3 Å². The molecule has 0 saturated heterocycles. The largest absolute Gasteiger partial charge is 0.125 e. The molecule has 1 heteroatoms. The molecule has 19 heavy (non-hydrogen) atoms. The lowest BCUT2D eigenvalue weighted by atomic mass is 9.96. The summed E-state index contributed by atoms with van der Waals surface area (Å²) in [5.74, 6) is 0. The molecule has 0 spiro atoms. The summed E-state index contributed by atoms with van der Waals surface area (Å²) in [5, 5.41) is 1.70. The third kappa shape index (κ3) is 3.18. The lowest BCUT2D eigenvalue weighted by Crippen LogP contribution is -2.25. The van der Waals surface area contributed by atoms with E-state index in [0.29, 0.717) is 0 Å². The molecule has 0 fully saturated rings. The Balaban J connectivity index is 2.68. The van der Waals surface area contributed by atoms with Crippen LogP contribution in [0.1, 0.15) is 31.2 Å². The zero-order valence-corrected chi connectivity index (χ0v) is 13.4. The maximum Gasteiger partial charge on any atom is 0.0732 e. The molecule has 0 aromatic heterocycles. The monoisotopic (exact) mass is 268 g/mol. The van der Waals surface area contributed by atoms with Crippen molar-refractivity contribution in [2.75, 3.05) is 0 Å². The van der Waals surface area contributed by atoms with E-state index in [1.165, 1.54) is 36.0 Å². The Morgan fingerprint density at radius 3 is 2.21 bits per heavy atom. The lowest BCUT2D eigenvalue weighted by molar-refractivity contribution is 0.760. The summed E-state index contributed by atoms with van der Waals surface area (Å²) >= 11 is 0. The zero-order valence-electron chi connectivity index (χ0n) is 12.4. The van der Waals surface area contributed by atoms with Gasteiger partial charge < -0.3 is 0 Å². The summed E-state index contributed by atoms with van der Waals surface area (Å²) in [7, 11) is -1.30. The van der Waals surface area contributed by atoms with E-state index in [0.717, 1.165) is 6.42 Å². The standard InChI is InChI=1S/C18H24Si/c1-5-15-11-9-10-14-17(19(2,3)4)18(15)16-12-7-6-8-13-16/h6-8,12-13H,1,9-11,14H2,2-4H3. The Kier molecular flexibility index (Phi) is 4.29. The first-order chi connectivity index (χ1) is 9.04. The van der Waals surface area contributed by atoms with Gasteiger partial charge in [0.15, 0.2) is 0 Å². The second-order valence-corrected chi connectivity index (χ2v) is 11.4. The van der Waals surface area contributed by atoms with Gasteiger partial charge in [0, 0.05) is 5.57 Å². The summed E-state index contributed by atoms with van der Waals surface area (Å²) in [5.41, 5.74) is 7.38. The van der Waals surface area contributed by atoms with Crippen LogP contribution in [-0.2, 0) is 0 Å². The molecule has 0 N–H and O–H groups in total. The van der Waals surface area contributed by atoms with Crippen LogP contribution in [0.2, 0.25) is 19.6 Å². The topological polar surface area (TPSA) is 0 Å². The Hall–Kier alpha value is -1.30. The van der Waals surface area contributed by atoms with E-state index in [1.54, 1.807) is 5.20 Å². The van der Waals surface area contributed by atoms with E-state index < -0.39 is 8.07 Å². The molecule has 0 aliphatic heterocycles. The van der Waals surface area contributed by atoms with Crippen LogP contribution in [0.3, 0.4) is 0 Å². The fraction of sp³-hybridized carbons (Fsp3) is 0.389. The van der Waals surface area contributed by atoms with Crippen LogP contribution in [0.4, 0.5) is 0 Å². The first-order valence-corrected chi connectivity index (χ1v) is 10.7. The molecule has 0 atom stereocenters. The zero-order chi connectivity index (χ0) is 13.9. The van der Waals surface area contributed by atoms with Gasteiger partial charge in [-0.15, -0.1) is 5.73 Å². The number of rotatable bonds is 2. The van der Waals surface area contributed by atoms with Crippen molar-refractivity contribution < 1.29 is 0 Å². The first kappa shape index (κ1) is 14.1. The van der Waals surface area contributed by atoms with Gasteiger partial charge in [-0.05, 0) is 36.8 Å². The molecule has 1 aliphatic carbocycles. The second kappa shape index (κ2) is 5.77. The van der Waals surface area contributed by atoms with Gasteiger partial charge >= 0.3 is 0 Å². The number of allylic oxidation sites excluding steroid dienone is 3. The molecule has 0 heterocycles. The van der Waals surface area contributed by atoms with Crippen LogP contribution in [0, 0.1) is 0 Å². The highest BCUT2D eigenvalue weighted by Gasteiger charge is 2.26. The third-order valence-corrected chi connectivity index (χ3v) is 6.20. The predicted molar refractivity (Wildman–Crippen MR) is 87.8 cm³/mol. The molecule has 0 amide bonds. The highest BCUT2D eigenvalue weighted by molar-refractivity contribution is 6.84. The van der Waals surface area contributed by atoms with E-state index in [4.69, 9.17) is 0 Å². The molecule has 1 aromatic rings. The van der Waals surface area contributed by atoms with Crippen molar-refractivity contribution >= 4 is 13.6 Å². The van der Waals surface area contributed by atoms with Crippen LogP contribution in [0.5, 0.6) is 0 Å². The van der Waals surface area contributed by atoms with Gasteiger partial charge in [0.05, 0.1) is 8.07 Å². The smallest absolute Gasteiger partial charge is 0.0732 e. The molecule has 0 unspecified atom stereocenters. The van der Waals surface area contributed by atoms with Crippen molar-refractivity contribution in [3.05, 3.63) is 59.0 Å². The van der Waals surface area contributed by atoms with E-state index in [1.807, 2.05) is 0 Å². The molecule has 0 saturated carbocycles. The third-order valence-electron chi connectivity index (χ3n) is 3.89. The average Bonchev–Trinajstić information content (AvgIpc) is 2.61. The summed E-state index contributed by atoms with van der Waals surface area (Å²) in [6.45, 7) is 11.3. The van der Waals surface area contributed by atoms with Crippen molar-refractivity contribution in [1.82, 2.24) is 0 Å². The number of hydrogen-bond donors (Lipinski definition) is 0. The summed E-state index contributed by atoms with van der Waals surface area (Å²) < 4.78 is 0. The van der Waals surface area contributed by atoms with Gasteiger partial charge in [0.1, 0.15) is 0 Å². The van der Waals surface area contributed by atoms with Gasteiger partial charge in [-0.3, -0.25) is 0 Å². The maximum atomic E-state index is 3.94. The molecule has 0 radical (unpaired) electrons. The number of hydrogen-bond acceptors (Lipinski definition) is 0. The van der Waals surface area contributed by atoms with Gasteiger partial charge in [0.25, 0.3) is 0 Å². The Bertz CT molecular complexity index is 523. The van der Waals surface area contributed by atoms with Gasteiger partial charge in [-0.2, -0.15) is 0 Å². The van der Waals surface area contributed by atoms with Crippen molar-refractivity contribution in [3.63, 3.8) is 0 Å². The normalized spacial score (nSPS) is 17.1. The highest BCUT2D eigenvalue weighted by atomic mass is 28.3. The molecule has 1 aliphatic rings. The molecule has 1 aromatic carbocycles. The molecule has 0 nitrogen and oxygen atoms in total. The maximum absolute atomic E-state index is 3.94. The molecule has 0 bridgehead atoms. The molecule has 100 valence electrons. The Labute approximate surface area is 118 Å². The molecule has 2 rings (SSSR count). The fourth-order valence-electron chi connectivity index (χ4n) is 2.92. The summed E-state index contributed by atoms with van der Waals surface area (Å²) in [6.07, 6.45) is 4.95. The quantitative estimate of drug-likeness (QED) is 0.483. The summed E-state index contributed by atoms with van der Waals surface area (Å²) in [4.78, 5) is 0. The van der Waals surface area contributed by atoms with Gasteiger partial charge in [-0.25, -0.2) is 0 Å². The lowest BCUT2D eigenvalue weighted by Gasteiger charge is -2.25. The van der Waals surface area contributed by atoms with Crippen molar-refractivity contribution in [2.45, 2.75) is 45.3 Å². The van der Waals surface area contributed by atoms with Crippen LogP contribution < -0.4 is 0 Å². The predicted octanol–water partition coefficient (Wildman–Crippen LogP) is 5.60. The first-order valence-electron chi connectivity index (χ1n) is 7.22. The van der Waals surface area contributed by atoms with Crippen LogP contribution in [0.15, 0.2) is 53.4 Å². The Morgan fingerprint density at radius 1 is 1.00 bits per heavy atom. The highest BCUT2D eigenvalue weighted by Crippen LogP contribution is 2.38. The number of benzene rings is 1. The SMILES string of the molecule is C=C=C1CCCCC([Si](C)(C)C)=C1c1ccccc1. The fourth-order valence-corrected chi connectivity index (χ4v) is 4.89. The van der Waals surface area contributed by atoms with Crippen LogP contribution in [-0.4, -0.2) is 8.07 Å². The van der Waals surface area contributed by atoms with Crippen LogP contribution in [0.25, 0.3) is 5.57 Å². The minimum absolute atomic E-state index is 1.13. The van der Waals surface area contributed by atoms with Gasteiger partial charge in [0.2, 0.25) is 0 Å². The van der Waals surface area contributed by atoms with Crippen LogP contribution >= 0.6 is 0 Å². The van der Waals surface area contributed by atoms with Gasteiger partial charge in [-0.1, -0.05) is 61.7 Å². The van der Waals surface area contributed by atoms with E-state index in [9.17, 15) is 0 Å². The van der Waals surface area contributed by atoms with E-state index >= 15 is 0 Å². The van der Waals surface area contributed by atoms with E-state index in [-0.39, 0.29) is 0 Å².